The molecule has 0 fully saturated rings. The Hall–Kier alpha value is -1.35. The van der Waals surface area contributed by atoms with E-state index in [0.717, 1.165) is 16.7 Å². The van der Waals surface area contributed by atoms with E-state index in [1.807, 2.05) is 45.9 Å². The van der Waals surface area contributed by atoms with Gasteiger partial charge in [0.2, 0.25) is 0 Å². The second-order valence-electron chi connectivity index (χ2n) is 5.30. The third-order valence-corrected chi connectivity index (χ3v) is 3.13. The summed E-state index contributed by atoms with van der Waals surface area (Å²) in [4.78, 5) is 12.0. The highest BCUT2D eigenvalue weighted by atomic mass is 16.1. The van der Waals surface area contributed by atoms with Gasteiger partial charge in [0.25, 0.3) is 5.91 Å². The number of hydrogen-bond acceptors (Lipinski definition) is 2. The van der Waals surface area contributed by atoms with Crippen LogP contribution in [0.2, 0.25) is 0 Å². The first-order chi connectivity index (χ1) is 7.87. The van der Waals surface area contributed by atoms with Crippen molar-refractivity contribution in [3.63, 3.8) is 0 Å². The summed E-state index contributed by atoms with van der Waals surface area (Å²) in [5, 5.41) is 2.94. The molecule has 94 valence electrons. The average molecular weight is 234 g/mol. The summed E-state index contributed by atoms with van der Waals surface area (Å²) in [7, 11) is 0. The fourth-order valence-corrected chi connectivity index (χ4v) is 1.48. The van der Waals surface area contributed by atoms with E-state index in [2.05, 4.69) is 5.32 Å². The van der Waals surface area contributed by atoms with Gasteiger partial charge in [-0.25, -0.2) is 0 Å². The summed E-state index contributed by atoms with van der Waals surface area (Å²) in [6, 6.07) is 5.77. The van der Waals surface area contributed by atoms with E-state index in [9.17, 15) is 4.79 Å². The number of carbonyl (C=O) groups is 1. The van der Waals surface area contributed by atoms with Crippen molar-refractivity contribution in [3.8, 4) is 0 Å². The van der Waals surface area contributed by atoms with Crippen LogP contribution in [0.1, 0.15) is 35.3 Å². The number of amides is 1. The Morgan fingerprint density at radius 1 is 1.35 bits per heavy atom. The Bertz CT molecular complexity index is 411. The van der Waals surface area contributed by atoms with Crippen LogP contribution in [0.25, 0.3) is 0 Å². The minimum atomic E-state index is -0.0621. The van der Waals surface area contributed by atoms with Gasteiger partial charge in [0, 0.05) is 12.1 Å². The third-order valence-electron chi connectivity index (χ3n) is 3.13. The lowest BCUT2D eigenvalue weighted by Crippen LogP contribution is -2.38. The van der Waals surface area contributed by atoms with Gasteiger partial charge in [-0.1, -0.05) is 26.0 Å². The van der Waals surface area contributed by atoms with Gasteiger partial charge in [-0.15, -0.1) is 0 Å². The molecule has 1 aromatic carbocycles. The molecule has 1 rings (SSSR count). The zero-order valence-corrected chi connectivity index (χ0v) is 11.1. The zero-order valence-electron chi connectivity index (χ0n) is 11.1. The number of carbonyl (C=O) groups excluding carboxylic acids is 1. The Kier molecular flexibility index (Phi) is 4.29. The largest absolute Gasteiger partial charge is 0.351 e. The lowest BCUT2D eigenvalue weighted by Gasteiger charge is -2.22. The van der Waals surface area contributed by atoms with E-state index in [1.54, 1.807) is 0 Å². The van der Waals surface area contributed by atoms with Crippen molar-refractivity contribution in [2.24, 2.45) is 11.1 Å². The Labute approximate surface area is 103 Å². The van der Waals surface area contributed by atoms with E-state index in [0.29, 0.717) is 13.1 Å². The number of nitrogens with one attached hydrogen (secondary N) is 1. The minimum Gasteiger partial charge on any atom is -0.351 e. The second kappa shape index (κ2) is 5.32. The van der Waals surface area contributed by atoms with Crippen LogP contribution in [0.5, 0.6) is 0 Å². The Balaban J connectivity index is 2.74. The maximum absolute atomic E-state index is 12.0. The summed E-state index contributed by atoms with van der Waals surface area (Å²) in [5.74, 6) is -0.0206. The molecule has 0 saturated carbocycles. The molecule has 0 atom stereocenters. The van der Waals surface area contributed by atoms with E-state index < -0.39 is 0 Å². The van der Waals surface area contributed by atoms with Crippen LogP contribution in [0.3, 0.4) is 0 Å². The molecule has 0 aliphatic rings. The van der Waals surface area contributed by atoms with Crippen LogP contribution in [0, 0.1) is 19.3 Å². The predicted molar refractivity (Wildman–Crippen MR) is 71.1 cm³/mol. The molecule has 0 radical (unpaired) electrons. The SMILES string of the molecule is Cc1cccc(C(=O)NCC(C)(C)CN)c1C. The first kappa shape index (κ1) is 13.7. The highest BCUT2D eigenvalue weighted by Crippen LogP contribution is 2.14. The quantitative estimate of drug-likeness (QED) is 0.837. The molecular formula is C14H22N2O. The molecule has 1 amide bonds. The van der Waals surface area contributed by atoms with Gasteiger partial charge in [-0.3, -0.25) is 4.79 Å². The number of rotatable bonds is 4. The van der Waals surface area contributed by atoms with Gasteiger partial charge in [0.05, 0.1) is 0 Å². The highest BCUT2D eigenvalue weighted by Gasteiger charge is 2.18. The summed E-state index contributed by atoms with van der Waals surface area (Å²) in [5.41, 5.74) is 8.49. The molecule has 0 heterocycles. The minimum absolute atomic E-state index is 0.0206. The van der Waals surface area contributed by atoms with Crippen LogP contribution >= 0.6 is 0 Å². The van der Waals surface area contributed by atoms with Crippen molar-refractivity contribution in [3.05, 3.63) is 34.9 Å². The number of aryl methyl sites for hydroxylation is 1. The van der Waals surface area contributed by atoms with Crippen LogP contribution < -0.4 is 11.1 Å². The van der Waals surface area contributed by atoms with Crippen molar-refractivity contribution >= 4 is 5.91 Å². The number of nitrogens with two attached hydrogens (primary N) is 1. The van der Waals surface area contributed by atoms with Crippen LogP contribution in [-0.2, 0) is 0 Å². The van der Waals surface area contributed by atoms with Crippen molar-refractivity contribution in [2.45, 2.75) is 27.7 Å². The molecule has 0 bridgehead atoms. The maximum Gasteiger partial charge on any atom is 0.251 e. The molecule has 0 aliphatic carbocycles. The molecule has 3 heteroatoms. The predicted octanol–water partition coefficient (Wildman–Crippen LogP) is 2.02. The lowest BCUT2D eigenvalue weighted by atomic mass is 9.93. The maximum atomic E-state index is 12.0. The summed E-state index contributed by atoms with van der Waals surface area (Å²) < 4.78 is 0. The standard InChI is InChI=1S/C14H22N2O/c1-10-6-5-7-12(11(10)2)13(17)16-9-14(3,4)8-15/h5-7H,8-9,15H2,1-4H3,(H,16,17). The van der Waals surface area contributed by atoms with Crippen molar-refractivity contribution < 1.29 is 4.79 Å². The van der Waals surface area contributed by atoms with Gasteiger partial charge in [-0.05, 0) is 43.0 Å². The van der Waals surface area contributed by atoms with Crippen molar-refractivity contribution in [1.29, 1.82) is 0 Å². The molecule has 0 aromatic heterocycles. The highest BCUT2D eigenvalue weighted by molar-refractivity contribution is 5.95. The zero-order chi connectivity index (χ0) is 13.1. The van der Waals surface area contributed by atoms with Gasteiger partial charge in [0.1, 0.15) is 0 Å². The van der Waals surface area contributed by atoms with E-state index in [-0.39, 0.29) is 11.3 Å². The summed E-state index contributed by atoms with van der Waals surface area (Å²) in [6.45, 7) is 9.21. The van der Waals surface area contributed by atoms with Crippen LogP contribution in [0.15, 0.2) is 18.2 Å². The van der Waals surface area contributed by atoms with E-state index >= 15 is 0 Å². The Morgan fingerprint density at radius 3 is 2.59 bits per heavy atom. The van der Waals surface area contributed by atoms with Gasteiger partial charge < -0.3 is 11.1 Å². The first-order valence-electron chi connectivity index (χ1n) is 5.92. The molecule has 17 heavy (non-hydrogen) atoms. The number of benzene rings is 1. The molecule has 1 aromatic rings. The fourth-order valence-electron chi connectivity index (χ4n) is 1.48. The molecular weight excluding hydrogens is 212 g/mol. The normalized spacial score (nSPS) is 11.4. The molecule has 0 spiro atoms. The van der Waals surface area contributed by atoms with Crippen LogP contribution in [-0.4, -0.2) is 19.0 Å². The van der Waals surface area contributed by atoms with Gasteiger partial charge in [0.15, 0.2) is 0 Å². The molecule has 0 saturated heterocycles. The topological polar surface area (TPSA) is 55.1 Å². The smallest absolute Gasteiger partial charge is 0.251 e. The van der Waals surface area contributed by atoms with Crippen molar-refractivity contribution in [2.75, 3.05) is 13.1 Å². The summed E-state index contributed by atoms with van der Waals surface area (Å²) >= 11 is 0. The van der Waals surface area contributed by atoms with E-state index in [1.165, 1.54) is 0 Å². The van der Waals surface area contributed by atoms with E-state index in [4.69, 9.17) is 5.73 Å². The summed E-state index contributed by atoms with van der Waals surface area (Å²) in [6.07, 6.45) is 0. The van der Waals surface area contributed by atoms with Gasteiger partial charge >= 0.3 is 0 Å². The van der Waals surface area contributed by atoms with Crippen LogP contribution in [0.4, 0.5) is 0 Å². The van der Waals surface area contributed by atoms with Gasteiger partial charge in [-0.2, -0.15) is 0 Å². The molecule has 0 unspecified atom stereocenters. The van der Waals surface area contributed by atoms with Crippen molar-refractivity contribution in [1.82, 2.24) is 5.32 Å². The fraction of sp³-hybridized carbons (Fsp3) is 0.500. The second-order valence-corrected chi connectivity index (χ2v) is 5.30. The monoisotopic (exact) mass is 234 g/mol. The Morgan fingerprint density at radius 2 is 2.00 bits per heavy atom. The third kappa shape index (κ3) is 3.56. The number of hydrogen-bond donors (Lipinski definition) is 2. The average Bonchev–Trinajstić information content (AvgIpc) is 2.30. The first-order valence-corrected chi connectivity index (χ1v) is 5.92. The molecule has 0 aliphatic heterocycles. The molecule has 3 nitrogen and oxygen atoms in total. The lowest BCUT2D eigenvalue weighted by molar-refractivity contribution is 0.0937. The molecule has 3 N–H and O–H groups in total.